The van der Waals surface area contributed by atoms with Crippen molar-refractivity contribution in [2.45, 2.75) is 138 Å². The molecule has 0 bridgehead atoms. The van der Waals surface area contributed by atoms with Crippen LogP contribution in [-0.4, -0.2) is 78.3 Å². The van der Waals surface area contributed by atoms with Crippen LogP contribution in [0.15, 0.2) is 18.2 Å². The molecule has 0 aromatic heterocycles. The molecule has 922 valence electrons. The lowest BCUT2D eigenvalue weighted by molar-refractivity contribution is -0.158. The number of esters is 1. The monoisotopic (exact) mass is 1400 g/mol. The Hall–Kier alpha value is -3.83. The van der Waals surface area contributed by atoms with E-state index < -0.39 is 40.6 Å². The van der Waals surface area contributed by atoms with Gasteiger partial charge in [-0.05, 0) is 109 Å². The lowest BCUT2D eigenvalue weighted by atomic mass is 9.69. The lowest BCUT2D eigenvalue weighted by Crippen LogP contribution is -2.62. The molecule has 3 unspecified atom stereocenters. The highest BCUT2D eigenvalue weighted by Crippen LogP contribution is 2.54. The molecule has 2 amide bonds. The largest absolute Gasteiger partial charge is 0.493 e. The number of ether oxygens (including phenoxy) is 4. The number of aliphatic carboxylic acids is 1. The van der Waals surface area contributed by atoms with Crippen molar-refractivity contribution in [1.82, 2.24) is 4.90 Å². The predicted octanol–water partition coefficient (Wildman–Crippen LogP) is 84.7. The van der Waals surface area contributed by atoms with Crippen molar-refractivity contribution in [1.29, 1.82) is 0 Å². The normalized spacial score (nSPS) is 22.6. The Morgan fingerprint density at radius 2 is 1.72 bits per heavy atom. The molecular weight excluding hydrogens is 712 g/mol. The number of benzene rings is 2. The number of likely N-dealkylation sites (tertiary alicyclic amines) is 1. The van der Waals surface area contributed by atoms with Crippen molar-refractivity contribution < 1.29 is 488 Å². The van der Waals surface area contributed by atoms with E-state index >= 15 is 4.79 Å². The number of anilines is 1. The van der Waals surface area contributed by atoms with E-state index in [1.54, 1.807) is 30.9 Å². The molecule has 1 fully saturated rings. The highest BCUT2D eigenvalue weighted by Gasteiger charge is 2.55. The molecule has 1 saturated heterocycles. The van der Waals surface area contributed by atoms with Crippen molar-refractivity contribution in [2.75, 3.05) is 25.7 Å². The summed E-state index contributed by atoms with van der Waals surface area (Å²) in [6.45, 7) is 21.3. The smallest absolute Gasteiger partial charge is 0.305 e. The van der Waals surface area contributed by atoms with Crippen molar-refractivity contribution in [3.05, 3.63) is 51.0 Å². The van der Waals surface area contributed by atoms with Crippen molar-refractivity contribution >= 4 is 41.0 Å². The average Bonchev–Trinajstić information content (AvgIpc) is 3.17. The van der Waals surface area contributed by atoms with Gasteiger partial charge in [-0.2, -0.15) is 0 Å². The maximum Gasteiger partial charge on any atom is 0.305 e. The number of carbonyl (C=O) groups excluding carboxylic acids is 3. The fourth-order valence-electron chi connectivity index (χ4n) is 8.15. The highest BCUT2D eigenvalue weighted by atomic mass is 35.5. The second-order valence-electron chi connectivity index (χ2n) is 16.3. The van der Waals surface area contributed by atoms with Gasteiger partial charge in [-0.25, -0.2) is 0 Å². The van der Waals surface area contributed by atoms with Gasteiger partial charge < -0.3 is 33.9 Å². The fourth-order valence-corrected chi connectivity index (χ4v) is 8.31. The van der Waals surface area contributed by atoms with Gasteiger partial charge in [0.25, 0.3) is 5.91 Å². The lowest BCUT2D eigenvalue weighted by Gasteiger charge is -2.51. The van der Waals surface area contributed by atoms with Gasteiger partial charge in [0.05, 0.1) is 31.9 Å². The summed E-state index contributed by atoms with van der Waals surface area (Å²) in [7, 11) is 3.11. The first-order chi connectivity index (χ1) is 25.1. The molecule has 2 aliphatic heterocycles. The Morgan fingerprint density at radius 1 is 1.07 bits per heavy atom. The Bertz CT molecular complexity index is 2010. The van der Waals surface area contributed by atoms with Crippen molar-refractivity contribution in [3.63, 3.8) is 0 Å². The third kappa shape index (κ3) is 7.81. The summed E-state index contributed by atoms with van der Waals surface area (Å²) in [5.74, 6) is -1.07. The number of rotatable bonds is 12. The summed E-state index contributed by atoms with van der Waals surface area (Å²) < 4.78 is 24.9. The number of nitrogens with zero attached hydrogens (tertiary/aromatic N) is 2. The van der Waals surface area contributed by atoms with Crippen LogP contribution in [0.1, 0.15) is 560 Å². The zero-order valence-electron chi connectivity index (χ0n) is 34.3. The minimum absolute atomic E-state index is 0. The van der Waals surface area contributed by atoms with Crippen molar-refractivity contribution in [2.24, 2.45) is 11.3 Å². The summed E-state index contributed by atoms with van der Waals surface area (Å²) in [5, 5.41) is 9.87. The topological polar surface area (TPSA) is 132 Å². The standard InChI is InChI=1S/C42H59ClN2O9.312H2/c1-14-36(49)53-27(6)40(7,8)41(9,10)45-31-17-24(3)30(43)21-29(31)42(11,37-26(5)23(2)18-32(51-12)38(37)52-13)54-33(39(45)50)22-34(46)44-16-15-28(19-25(44)4)20-35(47)48;;;;;;;;;;;;;;;;;;;;;;;;;;;;;;;;;;;;;;;;;;;;;;;;;;;;;;;;;;;;;;;;;;;;;;;;;;;;;;;;;;;;;;;;;;;;;;;;;;;;;;;;;;;;;;;;;;;;;;;;;;;;;;;;;;;;;;;;;;;;;;;;;;;;;;;;;;;;;;;;;;;;;;;;;;;;;;;;;;;;;;;;;;;;;;;;;;;;;;;;;;;;;;;;;;;;;;;;;;;;;;;;;;;;;;;;;;;;;;;;;;;;;;;;;;;;;;;;;;;;;;;;;;;;;;;;;;;;;;;;;;;;;;;;;;;;;;;;;;;;;;;;;;;;;;;;/h17-18,21,25,27-28,33H,14-16,19-20,22H2,1-13H3,(H,47,48);312*1H/t25?,27?,28?,33-,42+;;;;;;;;;;;;;;;;;;;;;;;;;;;;;;;;;;;;;;;;;;;;;;;;;;;;;;;;;;;;;;;;;;;;;;;;;;;;;;;;;;;;;;;;;;;;;;;;;;;;;;;;;;;;;;;;;;;;;;;;;;;;;;;;;;;;;;;;;;;;;;;;;;;;;;;;;;;;;;;;;;;;;;;;;;;;;;;;;;;;;;;;;;;;;;;;;;;;;;;;;;;;;;;;;;;;;;;;;;;;;;;;;;;;;;;;;;;;;;;;;;;;;;;;;;;;;;;;;;;;;;;;;;;;;;;;;;;;;;;;;;;;;;;;;;;;;;;;;;;;;;;;;;;;;;;;/m1......................................................................................................................................................................................................................................................................................................................../s1. The molecule has 1 N–H and O–H groups in total. The molecule has 11 nitrogen and oxygen atoms in total. The van der Waals surface area contributed by atoms with E-state index in [1.807, 2.05) is 87.4 Å². The minimum atomic E-state index is -1.42. The number of carboxylic acids is 1. The average molecular weight is 1400 g/mol. The van der Waals surface area contributed by atoms with Crippen LogP contribution in [-0.2, 0) is 34.3 Å². The summed E-state index contributed by atoms with van der Waals surface area (Å²) in [4.78, 5) is 57.4. The summed E-state index contributed by atoms with van der Waals surface area (Å²) in [6.07, 6.45) is -0.853. The fraction of sp³-hybridized carbons (Fsp3) is 0.619. The van der Waals surface area contributed by atoms with Gasteiger partial charge in [0.2, 0.25) is 5.91 Å². The van der Waals surface area contributed by atoms with E-state index in [4.69, 9.17) is 30.5 Å². The van der Waals surface area contributed by atoms with E-state index in [2.05, 4.69) is 0 Å². The van der Waals surface area contributed by atoms with Crippen LogP contribution in [0.5, 0.6) is 11.5 Å². The van der Waals surface area contributed by atoms with Gasteiger partial charge in [0.15, 0.2) is 11.5 Å². The SMILES string of the molecule is CCC(=O)OC(C)C(C)(C)C(C)(C)N1C(=O)[C@@H](CC(=O)N2CCC(CC(=O)O)CC2C)O[C@](C)(c2c(C)c(C)cc(OC)c2OC)c2cc(Cl)c(C)cc21.[HH].[HH].[HH].[HH].[HH].[HH].[HH].[HH].[HH].[HH].[HH].[HH].[HH].[HH].[HH].[HH].[HH].[HH].[HH].[HH].[HH].[HH].[HH].[HH].[HH].[HH].[HH].[HH].[HH].[HH].[HH].[HH].[HH].[HH].[HH].[HH].[HH].[HH].[HH].[HH].[HH].[HH].[HH].[HH].[HH].[HH].[HH].[HH].[HH].[HH].[HH].[HH].[HH].[HH].[HH].[HH].[HH].[HH].[HH].[HH].[HH].[HH].[HH].[HH].[HH].[HH].[HH].[HH].[HH].[HH].[HH].[HH].[HH].[HH].[HH].[HH].[HH].[HH].[HH].[HH].[HH].[HH].[HH].[HH].[HH].[HH].[HH].[HH].[HH].[HH].[HH].[HH].[HH].[HH].[HH].[HH].[HH].[HH].[HH].[HH].[HH].[HH].[HH].[HH].[HH].[HH].[HH].[HH].[HH].[HH].[HH].[HH].[HH].[HH].[HH].[HH].[HH].[HH].[HH].[HH].[HH].[HH].[HH].[HH].[HH].[HH].[HH].[HH].[HH].[HH].[HH].[HH].[HH].[HH].[HH].[HH].[HH].[HH].[HH].[HH].[HH].[HH].[HH].[HH].[HH].[HH].[HH].[HH].[HH].[HH].[HH].[HH].[HH].[HH].[HH].[HH].[HH].[HH].[HH].[HH].[HH].[HH].[HH].[HH].[HH].[HH].[HH].[HH].[HH].[HH].[HH].[HH].[HH].[HH].[HH].[HH].[HH].[HH].[HH].[HH].[HH].[HH].[HH].[HH].[HH].[HH].[HH].[HH].[HH].[HH].[HH].[HH].[HH].[HH].[HH].[HH].[HH].[HH].[HH].[HH].[HH].[HH].[HH].[HH].[HH].[HH].[HH].[HH].[HH].[HH].[HH].[HH].[HH].[HH].[HH].[HH].[HH].[HH].[HH].[HH].[HH].[HH].[HH].[HH].[HH].[HH].[HH].[HH].[HH].[HH].[HH].[HH].[HH].[HH].[HH].[HH].[HH].[HH].[HH].[HH].[HH].[HH].[HH].[HH].[HH].[HH].[HH].[HH].[HH].[HH].[HH].[HH].[HH].[HH].[HH].[HH].[HH].[HH].[HH].[HH].[HH].[HH].[HH].[HH].[HH].[HH].[HH].[HH].[HH].[HH].[HH].[HH].[HH].[HH].[HH].[HH].[HH].[HH].[HH].[HH].[HH].[HH].[HH].[HH].[HH].[HH].[HH].[HH].[HH].[HH].[HH].[HH].[HH].[HH].[HH].[HH].[HH].[HH].[HH].[HH].[HH].[HH].[HH].[HH].[HH].[HH].[HH].[HH].[HH].[HH].[HH].[HH]. The number of carbonyl (C=O) groups is 4. The Labute approximate surface area is 788 Å². The Kier molecular flexibility index (Phi) is 12.8. The Balaban J connectivity index is -0.000000000339. The molecule has 2 aromatic rings. The third-order valence-corrected chi connectivity index (χ3v) is 12.9. The van der Waals surface area contributed by atoms with E-state index in [9.17, 15) is 19.5 Å². The van der Waals surface area contributed by atoms with Crippen LogP contribution in [0.2, 0.25) is 5.02 Å². The van der Waals surface area contributed by atoms with Crippen LogP contribution in [0.25, 0.3) is 0 Å². The first kappa shape index (κ1) is 42.9. The highest BCUT2D eigenvalue weighted by molar-refractivity contribution is 6.31. The van der Waals surface area contributed by atoms with E-state index in [0.29, 0.717) is 52.7 Å². The van der Waals surface area contributed by atoms with E-state index in [1.165, 1.54) is 0 Å². The predicted molar refractivity (Wildman–Crippen MR) is 868 cm³/mol. The number of methoxy groups -OCH3 is 2. The molecule has 0 aliphatic carbocycles. The molecule has 12 heteroatoms. The Morgan fingerprint density at radius 3 is 2.28 bits per heavy atom. The van der Waals surface area contributed by atoms with Crippen LogP contribution in [0, 0.1) is 32.1 Å². The minimum Gasteiger partial charge on any atom is -0.493 e. The number of carboxylic acid groups (broad SMARTS) is 1. The van der Waals surface area contributed by atoms with Crippen LogP contribution < -0.4 is 14.4 Å². The summed E-state index contributed by atoms with van der Waals surface area (Å²) in [6, 6.07) is 5.36. The molecule has 0 radical (unpaired) electrons. The number of aryl methyl sites for hydroxylation is 2. The van der Waals surface area contributed by atoms with E-state index in [-0.39, 0.29) is 488 Å². The number of hydrogen-bond acceptors (Lipinski definition) is 8. The maximum atomic E-state index is 15.5. The first-order valence-corrected chi connectivity index (χ1v) is 19.2. The molecule has 2 aromatic carbocycles. The van der Waals surface area contributed by atoms with E-state index in [0.717, 1.165) is 16.7 Å². The molecule has 0 spiro atoms. The van der Waals surface area contributed by atoms with Crippen LogP contribution >= 0.6 is 11.6 Å². The number of piperidine rings is 1. The van der Waals surface area contributed by atoms with Crippen molar-refractivity contribution in [3.8, 4) is 11.5 Å². The quantitative estimate of drug-likeness (QED) is 0.206. The van der Waals surface area contributed by atoms with Crippen LogP contribution in [0.4, 0.5) is 5.69 Å². The molecule has 2 heterocycles. The molecule has 54 heavy (non-hydrogen) atoms. The summed E-state index contributed by atoms with van der Waals surface area (Å²) in [5.41, 5.74) is 0.917. The first-order valence-electron chi connectivity index (χ1n) is 18.8. The zero-order valence-corrected chi connectivity index (χ0v) is 35.0. The van der Waals surface area contributed by atoms with Gasteiger partial charge in [-0.1, -0.05) is 32.4 Å². The van der Waals surface area contributed by atoms with Gasteiger partial charge in [-0.15, -0.1) is 0 Å². The second kappa shape index (κ2) is 16.1. The molecule has 0 saturated carbocycles. The summed E-state index contributed by atoms with van der Waals surface area (Å²) >= 11 is 6.94. The van der Waals surface area contributed by atoms with Gasteiger partial charge in [0, 0.05) is 492 Å². The number of hydrogen-bond donors (Lipinski definition) is 1. The second-order valence-corrected chi connectivity index (χ2v) is 16.7. The third-order valence-electron chi connectivity index (χ3n) is 12.4. The number of amides is 2. The molecule has 4 rings (SSSR count). The van der Waals surface area contributed by atoms with Gasteiger partial charge in [0.1, 0.15) is 17.8 Å². The number of fused-ring (bicyclic) bond motifs is 1. The number of halogens is 1. The maximum absolute atomic E-state index is 15.5. The molecular formula is C42H683ClN2O9. The zero-order chi connectivity index (χ0) is 40.7. The van der Waals surface area contributed by atoms with Gasteiger partial charge in [-0.3, -0.25) is 19.2 Å². The molecule has 2 aliphatic rings. The van der Waals surface area contributed by atoms with Gasteiger partial charge >= 0.3 is 11.9 Å². The van der Waals surface area contributed by atoms with Crippen LogP contribution in [0.3, 0.4) is 0 Å². The molecule has 5 atom stereocenters.